The smallest absolute Gasteiger partial charge is 0.130 e. The van der Waals surface area contributed by atoms with Crippen LogP contribution in [0.1, 0.15) is 64.5 Å². The Balaban J connectivity index is 1.68. The second-order valence-electron chi connectivity index (χ2n) is 9.43. The minimum absolute atomic E-state index is 0.0635. The zero-order chi connectivity index (χ0) is 19.2. The van der Waals surface area contributed by atoms with E-state index in [0.717, 1.165) is 42.6 Å². The molecule has 0 unspecified atom stereocenters. The molecule has 1 aromatic carbocycles. The fourth-order valence-corrected chi connectivity index (χ4v) is 5.65. The lowest BCUT2D eigenvalue weighted by molar-refractivity contribution is 0.0276. The van der Waals surface area contributed by atoms with Crippen molar-refractivity contribution in [1.29, 1.82) is 0 Å². The van der Waals surface area contributed by atoms with Crippen molar-refractivity contribution in [2.24, 2.45) is 17.3 Å². The summed E-state index contributed by atoms with van der Waals surface area (Å²) in [4.78, 5) is 0. The number of fused-ring (bicyclic) bond motifs is 3. The molecule has 1 aromatic rings. The standard InChI is InChI=1S/C25H34O2/c1-6-15-26-21-10-9-19(8-7-17(2)3)23-20(21)11-12-25(27-23)14-13-24(18(4)5)16-22(24)25/h6-7,9-10,18,22H,1,8,11-16H2,2-5H3/t22-,24+,25-/m1/s1. The number of hydrogen-bond donors (Lipinski definition) is 0. The van der Waals surface area contributed by atoms with Gasteiger partial charge in [0, 0.05) is 11.5 Å². The van der Waals surface area contributed by atoms with E-state index in [9.17, 15) is 0 Å². The summed E-state index contributed by atoms with van der Waals surface area (Å²) in [7, 11) is 0. The van der Waals surface area contributed by atoms with E-state index in [1.165, 1.54) is 36.0 Å². The number of benzene rings is 1. The molecule has 3 aliphatic rings. The molecule has 0 N–H and O–H groups in total. The molecular weight excluding hydrogens is 332 g/mol. The highest BCUT2D eigenvalue weighted by Crippen LogP contribution is 2.73. The van der Waals surface area contributed by atoms with Gasteiger partial charge >= 0.3 is 0 Å². The van der Waals surface area contributed by atoms with Crippen LogP contribution in [0.25, 0.3) is 0 Å². The average molecular weight is 367 g/mol. The average Bonchev–Trinajstić information content (AvgIpc) is 3.33. The van der Waals surface area contributed by atoms with Crippen LogP contribution < -0.4 is 9.47 Å². The second kappa shape index (κ2) is 6.72. The molecule has 2 aliphatic carbocycles. The van der Waals surface area contributed by atoms with Gasteiger partial charge in [-0.25, -0.2) is 0 Å². The Hall–Kier alpha value is -1.70. The molecule has 2 fully saturated rings. The van der Waals surface area contributed by atoms with Crippen molar-refractivity contribution in [2.45, 2.75) is 71.8 Å². The number of rotatable bonds is 6. The van der Waals surface area contributed by atoms with Crippen molar-refractivity contribution in [3.05, 3.63) is 47.6 Å². The van der Waals surface area contributed by atoms with Crippen molar-refractivity contribution >= 4 is 0 Å². The summed E-state index contributed by atoms with van der Waals surface area (Å²) in [6.07, 6.45) is 11.2. The minimum atomic E-state index is 0.0635. The zero-order valence-electron chi connectivity index (χ0n) is 17.4. The minimum Gasteiger partial charge on any atom is -0.489 e. The Morgan fingerprint density at radius 1 is 1.30 bits per heavy atom. The van der Waals surface area contributed by atoms with Crippen LogP contribution in [0.15, 0.2) is 36.4 Å². The second-order valence-corrected chi connectivity index (χ2v) is 9.43. The molecule has 0 aromatic heterocycles. The number of allylic oxidation sites excluding steroid dienone is 2. The lowest BCUT2D eigenvalue weighted by Crippen LogP contribution is -2.40. The largest absolute Gasteiger partial charge is 0.489 e. The van der Waals surface area contributed by atoms with Crippen LogP contribution in [0, 0.1) is 17.3 Å². The van der Waals surface area contributed by atoms with Gasteiger partial charge in [0.2, 0.25) is 0 Å². The maximum Gasteiger partial charge on any atom is 0.130 e. The molecule has 1 heterocycles. The topological polar surface area (TPSA) is 18.5 Å². The first kappa shape index (κ1) is 18.7. The molecule has 146 valence electrons. The van der Waals surface area contributed by atoms with E-state index in [1.54, 1.807) is 0 Å². The van der Waals surface area contributed by atoms with Gasteiger partial charge in [-0.1, -0.05) is 44.2 Å². The molecule has 27 heavy (non-hydrogen) atoms. The molecule has 0 bridgehead atoms. The quantitative estimate of drug-likeness (QED) is 0.552. The predicted octanol–water partition coefficient (Wildman–Crippen LogP) is 6.28. The first-order valence-electron chi connectivity index (χ1n) is 10.6. The summed E-state index contributed by atoms with van der Waals surface area (Å²) in [6, 6.07) is 4.33. The molecule has 1 spiro atoms. The third-order valence-corrected chi connectivity index (χ3v) is 7.41. The molecular formula is C25H34O2. The first-order valence-corrected chi connectivity index (χ1v) is 10.6. The SMILES string of the molecule is C=CCOc1ccc(CC=C(C)C)c2c1CC[C@]1(CC[C@@]3(C(C)C)C[C@@H]13)O2. The first-order chi connectivity index (χ1) is 12.9. The summed E-state index contributed by atoms with van der Waals surface area (Å²) in [5, 5.41) is 0. The van der Waals surface area contributed by atoms with Crippen molar-refractivity contribution in [3.8, 4) is 11.5 Å². The lowest BCUT2D eigenvalue weighted by atomic mass is 9.85. The lowest BCUT2D eigenvalue weighted by Gasteiger charge is -2.39. The molecule has 4 rings (SSSR count). The van der Waals surface area contributed by atoms with Crippen LogP contribution in [0.2, 0.25) is 0 Å². The highest BCUT2D eigenvalue weighted by atomic mass is 16.5. The van der Waals surface area contributed by atoms with Gasteiger partial charge in [0.15, 0.2) is 0 Å². The zero-order valence-corrected chi connectivity index (χ0v) is 17.4. The summed E-state index contributed by atoms with van der Waals surface area (Å²) >= 11 is 0. The van der Waals surface area contributed by atoms with Crippen LogP contribution in [-0.2, 0) is 12.8 Å². The fourth-order valence-electron chi connectivity index (χ4n) is 5.65. The number of ether oxygens (including phenoxy) is 2. The molecule has 3 atom stereocenters. The molecule has 2 heteroatoms. The van der Waals surface area contributed by atoms with Gasteiger partial charge < -0.3 is 9.47 Å². The van der Waals surface area contributed by atoms with Crippen LogP contribution >= 0.6 is 0 Å². The van der Waals surface area contributed by atoms with Gasteiger partial charge in [-0.05, 0) is 75.3 Å². The van der Waals surface area contributed by atoms with E-state index in [1.807, 2.05) is 6.08 Å². The highest BCUT2D eigenvalue weighted by molar-refractivity contribution is 5.53. The van der Waals surface area contributed by atoms with Gasteiger partial charge in [-0.15, -0.1) is 0 Å². The summed E-state index contributed by atoms with van der Waals surface area (Å²) < 4.78 is 12.9. The van der Waals surface area contributed by atoms with Crippen molar-refractivity contribution in [3.63, 3.8) is 0 Å². The van der Waals surface area contributed by atoms with Crippen LogP contribution in [-0.4, -0.2) is 12.2 Å². The van der Waals surface area contributed by atoms with Gasteiger partial charge in [-0.2, -0.15) is 0 Å². The van der Waals surface area contributed by atoms with Gasteiger partial charge in [-0.3, -0.25) is 0 Å². The van der Waals surface area contributed by atoms with E-state index < -0.39 is 0 Å². The Bertz CT molecular complexity index is 771. The third-order valence-electron chi connectivity index (χ3n) is 7.41. The number of hydrogen-bond acceptors (Lipinski definition) is 2. The monoisotopic (exact) mass is 366 g/mol. The molecule has 0 amide bonds. The Kier molecular flexibility index (Phi) is 4.64. The van der Waals surface area contributed by atoms with Crippen molar-refractivity contribution < 1.29 is 9.47 Å². The van der Waals surface area contributed by atoms with E-state index >= 15 is 0 Å². The van der Waals surface area contributed by atoms with E-state index in [0.29, 0.717) is 12.0 Å². The molecule has 0 radical (unpaired) electrons. The van der Waals surface area contributed by atoms with Gasteiger partial charge in [0.25, 0.3) is 0 Å². The van der Waals surface area contributed by atoms with Crippen LogP contribution in [0.5, 0.6) is 11.5 Å². The fraction of sp³-hybridized carbons (Fsp3) is 0.600. The molecule has 2 saturated carbocycles. The highest BCUT2D eigenvalue weighted by Gasteiger charge is 2.70. The Morgan fingerprint density at radius 2 is 2.11 bits per heavy atom. The maximum atomic E-state index is 6.96. The summed E-state index contributed by atoms with van der Waals surface area (Å²) in [5.74, 6) is 3.60. The molecule has 0 saturated heterocycles. The normalized spacial score (nSPS) is 30.5. The van der Waals surface area contributed by atoms with E-state index in [2.05, 4.69) is 52.5 Å². The third kappa shape index (κ3) is 3.02. The van der Waals surface area contributed by atoms with Crippen molar-refractivity contribution in [1.82, 2.24) is 0 Å². The molecule has 2 nitrogen and oxygen atoms in total. The van der Waals surface area contributed by atoms with Gasteiger partial charge in [0.05, 0.1) is 0 Å². The van der Waals surface area contributed by atoms with Gasteiger partial charge in [0.1, 0.15) is 23.7 Å². The van der Waals surface area contributed by atoms with E-state index in [-0.39, 0.29) is 5.60 Å². The Morgan fingerprint density at radius 3 is 2.74 bits per heavy atom. The van der Waals surface area contributed by atoms with Crippen LogP contribution in [0.4, 0.5) is 0 Å². The van der Waals surface area contributed by atoms with Crippen LogP contribution in [0.3, 0.4) is 0 Å². The predicted molar refractivity (Wildman–Crippen MR) is 112 cm³/mol. The van der Waals surface area contributed by atoms with Crippen molar-refractivity contribution in [2.75, 3.05) is 6.61 Å². The summed E-state index contributed by atoms with van der Waals surface area (Å²) in [6.45, 7) is 13.5. The summed E-state index contributed by atoms with van der Waals surface area (Å²) in [5.41, 5.74) is 4.54. The Labute approximate surface area is 164 Å². The molecule has 1 aliphatic heterocycles. The maximum absolute atomic E-state index is 6.96. The van der Waals surface area contributed by atoms with E-state index in [4.69, 9.17) is 9.47 Å².